The lowest BCUT2D eigenvalue weighted by atomic mass is 10.1. The van der Waals surface area contributed by atoms with E-state index >= 15 is 0 Å². The van der Waals surface area contributed by atoms with Crippen LogP contribution in [0, 0.1) is 5.82 Å². The average molecular weight is 468 g/mol. The van der Waals surface area contributed by atoms with Crippen LogP contribution in [0.5, 0.6) is 0 Å². The standard InChI is InChI=1S/C26H27ClFN3O2/c1-4-25(32)31(16-18-8-7-9-20(28)14-18)17-19-15-21(12-13-24(19)30(2)3)29-26(33)22-10-5-6-11-23(22)27/h5-15H,4,16-17H2,1-3H3,(H,29,33). The number of nitrogens with zero attached hydrogens (tertiary/aromatic N) is 2. The Labute approximate surface area is 198 Å². The molecule has 2 amide bonds. The topological polar surface area (TPSA) is 52.7 Å². The van der Waals surface area contributed by atoms with E-state index in [1.807, 2.05) is 37.2 Å². The summed E-state index contributed by atoms with van der Waals surface area (Å²) in [7, 11) is 3.83. The van der Waals surface area contributed by atoms with Gasteiger partial charge in [-0.2, -0.15) is 0 Å². The molecule has 3 aromatic rings. The van der Waals surface area contributed by atoms with Gasteiger partial charge in [-0.15, -0.1) is 0 Å². The summed E-state index contributed by atoms with van der Waals surface area (Å²) in [6.07, 6.45) is 0.329. The molecule has 0 saturated heterocycles. The van der Waals surface area contributed by atoms with Crippen molar-refractivity contribution in [3.8, 4) is 0 Å². The molecule has 3 rings (SSSR count). The summed E-state index contributed by atoms with van der Waals surface area (Å²) in [6, 6.07) is 18.6. The highest BCUT2D eigenvalue weighted by atomic mass is 35.5. The first-order valence-electron chi connectivity index (χ1n) is 10.7. The number of hydrogen-bond acceptors (Lipinski definition) is 3. The van der Waals surface area contributed by atoms with E-state index in [0.29, 0.717) is 34.8 Å². The molecule has 0 fully saturated rings. The molecule has 3 aromatic carbocycles. The second-order valence-electron chi connectivity index (χ2n) is 7.91. The molecule has 7 heteroatoms. The van der Waals surface area contributed by atoms with Crippen molar-refractivity contribution in [2.24, 2.45) is 0 Å². The molecule has 0 atom stereocenters. The van der Waals surface area contributed by atoms with Crippen molar-refractivity contribution >= 4 is 34.8 Å². The molecule has 172 valence electrons. The normalized spacial score (nSPS) is 10.6. The molecule has 0 saturated carbocycles. The van der Waals surface area contributed by atoms with E-state index in [9.17, 15) is 14.0 Å². The van der Waals surface area contributed by atoms with Crippen molar-refractivity contribution in [2.75, 3.05) is 24.3 Å². The average Bonchev–Trinajstić information content (AvgIpc) is 2.78. The van der Waals surface area contributed by atoms with E-state index in [0.717, 1.165) is 11.3 Å². The Bertz CT molecular complexity index is 1150. The zero-order valence-corrected chi connectivity index (χ0v) is 19.7. The first-order valence-corrected chi connectivity index (χ1v) is 11.0. The second kappa shape index (κ2) is 11.0. The van der Waals surface area contributed by atoms with Gasteiger partial charge in [0.2, 0.25) is 5.91 Å². The Hall–Kier alpha value is -3.38. The third kappa shape index (κ3) is 6.33. The van der Waals surface area contributed by atoms with E-state index in [-0.39, 0.29) is 24.2 Å². The van der Waals surface area contributed by atoms with Gasteiger partial charge in [-0.05, 0) is 53.6 Å². The lowest BCUT2D eigenvalue weighted by Gasteiger charge is -2.26. The van der Waals surface area contributed by atoms with Gasteiger partial charge in [0.15, 0.2) is 0 Å². The van der Waals surface area contributed by atoms with E-state index in [1.165, 1.54) is 12.1 Å². The van der Waals surface area contributed by atoms with E-state index < -0.39 is 0 Å². The minimum atomic E-state index is -0.338. The molecule has 0 aliphatic heterocycles. The minimum absolute atomic E-state index is 0.0468. The quantitative estimate of drug-likeness (QED) is 0.460. The zero-order valence-electron chi connectivity index (χ0n) is 18.9. The third-order valence-electron chi connectivity index (χ3n) is 5.22. The van der Waals surface area contributed by atoms with Crippen LogP contribution in [0.2, 0.25) is 5.02 Å². The number of rotatable bonds is 8. The van der Waals surface area contributed by atoms with Crippen LogP contribution in [0.1, 0.15) is 34.8 Å². The number of carbonyl (C=O) groups is 2. The Balaban J connectivity index is 1.89. The number of nitrogens with one attached hydrogen (secondary N) is 1. The van der Waals surface area contributed by atoms with E-state index in [2.05, 4.69) is 5.32 Å². The number of amides is 2. The van der Waals surface area contributed by atoms with Crippen LogP contribution in [0.25, 0.3) is 0 Å². The van der Waals surface area contributed by atoms with Gasteiger partial charge in [0.1, 0.15) is 5.82 Å². The summed E-state index contributed by atoms with van der Waals surface area (Å²) in [5.74, 6) is -0.700. The van der Waals surface area contributed by atoms with Gasteiger partial charge < -0.3 is 15.1 Å². The highest BCUT2D eigenvalue weighted by Gasteiger charge is 2.17. The minimum Gasteiger partial charge on any atom is -0.377 e. The maximum absolute atomic E-state index is 13.7. The van der Waals surface area contributed by atoms with Crippen molar-refractivity contribution in [3.63, 3.8) is 0 Å². The monoisotopic (exact) mass is 467 g/mol. The molecule has 1 N–H and O–H groups in total. The summed E-state index contributed by atoms with van der Waals surface area (Å²) in [5, 5.41) is 3.25. The Morgan fingerprint density at radius 2 is 1.73 bits per heavy atom. The smallest absolute Gasteiger partial charge is 0.257 e. The number of hydrogen-bond donors (Lipinski definition) is 1. The number of benzene rings is 3. The van der Waals surface area contributed by atoms with Gasteiger partial charge in [0, 0.05) is 45.0 Å². The van der Waals surface area contributed by atoms with Crippen molar-refractivity contribution in [3.05, 3.63) is 94.3 Å². The molecule has 0 aliphatic rings. The highest BCUT2D eigenvalue weighted by molar-refractivity contribution is 6.34. The molecular formula is C26H27ClFN3O2. The molecular weight excluding hydrogens is 441 g/mol. The maximum atomic E-state index is 13.7. The summed E-state index contributed by atoms with van der Waals surface area (Å²) in [6.45, 7) is 2.40. The number of halogens is 2. The first kappa shape index (κ1) is 24.3. The molecule has 0 heterocycles. The molecule has 0 spiro atoms. The van der Waals surface area contributed by atoms with Gasteiger partial charge in [0.25, 0.3) is 5.91 Å². The van der Waals surface area contributed by atoms with Crippen molar-refractivity contribution in [1.29, 1.82) is 0 Å². The molecule has 0 unspecified atom stereocenters. The van der Waals surface area contributed by atoms with Crippen LogP contribution in [0.3, 0.4) is 0 Å². The summed E-state index contributed by atoms with van der Waals surface area (Å²) in [5.41, 5.74) is 3.46. The zero-order chi connectivity index (χ0) is 24.0. The largest absolute Gasteiger partial charge is 0.377 e. The molecule has 0 aromatic heterocycles. The molecule has 0 aliphatic carbocycles. The van der Waals surface area contributed by atoms with E-state index in [4.69, 9.17) is 11.6 Å². The SMILES string of the molecule is CCC(=O)N(Cc1cccc(F)c1)Cc1cc(NC(=O)c2ccccc2Cl)ccc1N(C)C. The Kier molecular flexibility index (Phi) is 8.06. The lowest BCUT2D eigenvalue weighted by Crippen LogP contribution is -2.30. The summed E-state index contributed by atoms with van der Waals surface area (Å²) >= 11 is 6.15. The first-order chi connectivity index (χ1) is 15.8. The van der Waals surface area contributed by atoms with Gasteiger partial charge in [0.05, 0.1) is 10.6 Å². The van der Waals surface area contributed by atoms with Crippen molar-refractivity contribution in [2.45, 2.75) is 26.4 Å². The van der Waals surface area contributed by atoms with Crippen LogP contribution in [0.4, 0.5) is 15.8 Å². The van der Waals surface area contributed by atoms with Crippen molar-refractivity contribution < 1.29 is 14.0 Å². The molecule has 5 nitrogen and oxygen atoms in total. The molecule has 33 heavy (non-hydrogen) atoms. The van der Waals surface area contributed by atoms with Gasteiger partial charge in [-0.3, -0.25) is 9.59 Å². The lowest BCUT2D eigenvalue weighted by molar-refractivity contribution is -0.132. The van der Waals surface area contributed by atoms with Crippen LogP contribution in [0.15, 0.2) is 66.7 Å². The van der Waals surface area contributed by atoms with Crippen LogP contribution in [-0.2, 0) is 17.9 Å². The van der Waals surface area contributed by atoms with Gasteiger partial charge in [-0.25, -0.2) is 4.39 Å². The Morgan fingerprint density at radius 3 is 2.39 bits per heavy atom. The predicted molar refractivity (Wildman–Crippen MR) is 131 cm³/mol. The Morgan fingerprint density at radius 1 is 0.970 bits per heavy atom. The fraction of sp³-hybridized carbons (Fsp3) is 0.231. The van der Waals surface area contributed by atoms with E-state index in [1.54, 1.807) is 48.2 Å². The highest BCUT2D eigenvalue weighted by Crippen LogP contribution is 2.26. The number of carbonyl (C=O) groups excluding carboxylic acids is 2. The van der Waals surface area contributed by atoms with Gasteiger partial charge >= 0.3 is 0 Å². The van der Waals surface area contributed by atoms with Gasteiger partial charge in [-0.1, -0.05) is 42.8 Å². The van der Waals surface area contributed by atoms with Crippen LogP contribution >= 0.6 is 11.6 Å². The summed E-state index contributed by atoms with van der Waals surface area (Å²) in [4.78, 5) is 29.1. The molecule has 0 bridgehead atoms. The van der Waals surface area contributed by atoms with Crippen LogP contribution in [-0.4, -0.2) is 30.8 Å². The maximum Gasteiger partial charge on any atom is 0.257 e. The van der Waals surface area contributed by atoms with Crippen LogP contribution < -0.4 is 10.2 Å². The summed E-state index contributed by atoms with van der Waals surface area (Å²) < 4.78 is 13.7. The second-order valence-corrected chi connectivity index (χ2v) is 8.31. The van der Waals surface area contributed by atoms with Crippen molar-refractivity contribution in [1.82, 2.24) is 4.90 Å². The third-order valence-corrected chi connectivity index (χ3v) is 5.55. The predicted octanol–water partition coefficient (Wildman–Crippen LogP) is 5.74. The fourth-order valence-corrected chi connectivity index (χ4v) is 3.81. The fourth-order valence-electron chi connectivity index (χ4n) is 3.59. The number of anilines is 2. The molecule has 0 radical (unpaired) electrons.